The first-order chi connectivity index (χ1) is 19.3. The van der Waals surface area contributed by atoms with Crippen LogP contribution < -0.4 is 20.7 Å². The van der Waals surface area contributed by atoms with Gasteiger partial charge < -0.3 is 19.5 Å². The Morgan fingerprint density at radius 1 is 0.805 bits per heavy atom. The summed E-state index contributed by atoms with van der Waals surface area (Å²) in [5.74, 6) is -0.125. The number of nitrogens with zero attached hydrogens (tertiary/aromatic N) is 1. The van der Waals surface area contributed by atoms with Gasteiger partial charge in [0.1, 0.15) is 29.6 Å². The Kier molecular flexibility index (Phi) is 10.4. The van der Waals surface area contributed by atoms with Gasteiger partial charge in [0.25, 0.3) is 5.91 Å². The number of amides is 2. The van der Waals surface area contributed by atoms with E-state index in [1.54, 1.807) is 115 Å². The molecule has 0 saturated carbocycles. The summed E-state index contributed by atoms with van der Waals surface area (Å²) in [6.45, 7) is 11.5. The van der Waals surface area contributed by atoms with E-state index in [2.05, 4.69) is 20.9 Å². The number of anilines is 2. The number of benzene rings is 2. The van der Waals surface area contributed by atoms with E-state index in [4.69, 9.17) is 14.2 Å². The molecule has 0 aliphatic heterocycles. The van der Waals surface area contributed by atoms with Crippen molar-refractivity contribution in [2.24, 2.45) is 0 Å². The molecule has 0 aliphatic rings. The van der Waals surface area contributed by atoms with Gasteiger partial charge in [-0.05, 0) is 95.6 Å². The summed E-state index contributed by atoms with van der Waals surface area (Å²) in [5.41, 5.74) is 0.873. The van der Waals surface area contributed by atoms with Crippen LogP contribution in [0.25, 0.3) is 0 Å². The quantitative estimate of drug-likeness (QED) is 0.211. The van der Waals surface area contributed by atoms with E-state index in [1.807, 2.05) is 0 Å². The molecule has 41 heavy (non-hydrogen) atoms. The second-order valence-corrected chi connectivity index (χ2v) is 11.2. The third-order valence-corrected chi connectivity index (χ3v) is 5.29. The lowest BCUT2D eigenvalue weighted by Crippen LogP contribution is -2.36. The first kappa shape index (κ1) is 31.1. The maximum atomic E-state index is 13.0. The summed E-state index contributed by atoms with van der Waals surface area (Å²) in [6, 6.07) is 16.2. The van der Waals surface area contributed by atoms with Crippen LogP contribution in [0, 0.1) is 0 Å². The van der Waals surface area contributed by atoms with Crippen molar-refractivity contribution in [3.8, 4) is 5.75 Å². The van der Waals surface area contributed by atoms with Crippen molar-refractivity contribution < 1.29 is 28.6 Å². The molecular weight excluding hydrogens is 524 g/mol. The molecule has 0 bridgehead atoms. The summed E-state index contributed by atoms with van der Waals surface area (Å²) < 4.78 is 16.5. The SMILES string of the molecule is CC(C)(C)OC(=O)Nc1ccc(NC(=O)c2ccc(C(NCCOc3cccnc3)C(=O)OC(C)(C)C)cc2)cc1. The van der Waals surface area contributed by atoms with Gasteiger partial charge in [-0.15, -0.1) is 0 Å². The molecule has 3 rings (SSSR count). The molecule has 1 unspecified atom stereocenters. The minimum atomic E-state index is -0.756. The number of rotatable bonds is 10. The Bertz CT molecular complexity index is 1300. The molecule has 2 amide bonds. The van der Waals surface area contributed by atoms with Crippen molar-refractivity contribution >= 4 is 29.3 Å². The average Bonchev–Trinajstić information content (AvgIpc) is 2.88. The van der Waals surface area contributed by atoms with Crippen molar-refractivity contribution in [2.45, 2.75) is 58.8 Å². The van der Waals surface area contributed by atoms with E-state index in [0.717, 1.165) is 0 Å². The molecule has 1 atom stereocenters. The first-order valence-corrected chi connectivity index (χ1v) is 13.3. The molecule has 1 aromatic heterocycles. The van der Waals surface area contributed by atoms with Crippen molar-refractivity contribution in [3.05, 3.63) is 84.2 Å². The average molecular weight is 563 g/mol. The van der Waals surface area contributed by atoms with Crippen LogP contribution in [-0.2, 0) is 14.3 Å². The lowest BCUT2D eigenvalue weighted by atomic mass is 10.0. The molecule has 10 heteroatoms. The highest BCUT2D eigenvalue weighted by Crippen LogP contribution is 2.21. The van der Waals surface area contributed by atoms with Crippen LogP contribution in [0.5, 0.6) is 5.75 Å². The topological polar surface area (TPSA) is 128 Å². The number of ether oxygens (including phenoxy) is 3. The molecule has 0 saturated heterocycles. The van der Waals surface area contributed by atoms with E-state index in [0.29, 0.717) is 41.4 Å². The zero-order valence-corrected chi connectivity index (χ0v) is 24.3. The molecule has 3 N–H and O–H groups in total. The maximum absolute atomic E-state index is 13.0. The van der Waals surface area contributed by atoms with Gasteiger partial charge in [0.15, 0.2) is 0 Å². The van der Waals surface area contributed by atoms with Crippen LogP contribution in [0.2, 0.25) is 0 Å². The monoisotopic (exact) mass is 562 g/mol. The standard InChI is InChI=1S/C31H38N4O6/c1-30(2,3)40-28(37)26(33-18-19-39-25-8-7-17-32-20-25)21-9-11-22(12-10-21)27(36)34-23-13-15-24(16-14-23)35-29(38)41-31(4,5)6/h7-17,20,26,33H,18-19H2,1-6H3,(H,34,36)(H,35,38). The summed E-state index contributed by atoms with van der Waals surface area (Å²) in [6.07, 6.45) is 2.72. The van der Waals surface area contributed by atoms with Gasteiger partial charge in [-0.1, -0.05) is 12.1 Å². The molecule has 0 spiro atoms. The van der Waals surface area contributed by atoms with Crippen molar-refractivity contribution in [1.29, 1.82) is 0 Å². The van der Waals surface area contributed by atoms with Crippen molar-refractivity contribution in [1.82, 2.24) is 10.3 Å². The third-order valence-electron chi connectivity index (χ3n) is 5.29. The van der Waals surface area contributed by atoms with Gasteiger partial charge >= 0.3 is 12.1 Å². The Balaban J connectivity index is 1.61. The Hall–Kier alpha value is -4.44. The van der Waals surface area contributed by atoms with Gasteiger partial charge in [0.05, 0.1) is 6.20 Å². The van der Waals surface area contributed by atoms with Crippen LogP contribution in [0.15, 0.2) is 73.1 Å². The largest absolute Gasteiger partial charge is 0.491 e. The molecule has 0 aliphatic carbocycles. The highest BCUT2D eigenvalue weighted by atomic mass is 16.6. The minimum absolute atomic E-state index is 0.317. The van der Waals surface area contributed by atoms with Gasteiger partial charge in [-0.2, -0.15) is 0 Å². The molecule has 0 fully saturated rings. The van der Waals surface area contributed by atoms with Crippen molar-refractivity contribution in [2.75, 3.05) is 23.8 Å². The molecule has 3 aromatic rings. The predicted molar refractivity (Wildman–Crippen MR) is 157 cm³/mol. The van der Waals surface area contributed by atoms with E-state index in [1.165, 1.54) is 0 Å². The second-order valence-electron chi connectivity index (χ2n) is 11.2. The van der Waals surface area contributed by atoms with E-state index >= 15 is 0 Å². The summed E-state index contributed by atoms with van der Waals surface area (Å²) in [4.78, 5) is 41.8. The van der Waals surface area contributed by atoms with Gasteiger partial charge in [-0.3, -0.25) is 20.4 Å². The number of aromatic nitrogens is 1. The smallest absolute Gasteiger partial charge is 0.412 e. The molecule has 1 heterocycles. The van der Waals surface area contributed by atoms with E-state index in [-0.39, 0.29) is 5.91 Å². The normalized spacial score (nSPS) is 12.1. The predicted octanol–water partition coefficient (Wildman–Crippen LogP) is 5.73. The van der Waals surface area contributed by atoms with E-state index < -0.39 is 29.3 Å². The number of esters is 1. The van der Waals surface area contributed by atoms with Gasteiger partial charge in [0.2, 0.25) is 0 Å². The summed E-state index contributed by atoms with van der Waals surface area (Å²) in [7, 11) is 0. The second kappa shape index (κ2) is 13.8. The summed E-state index contributed by atoms with van der Waals surface area (Å²) >= 11 is 0. The number of nitrogens with one attached hydrogen (secondary N) is 3. The van der Waals surface area contributed by atoms with Crippen LogP contribution in [0.4, 0.5) is 16.2 Å². The van der Waals surface area contributed by atoms with Crippen molar-refractivity contribution in [3.63, 3.8) is 0 Å². The summed E-state index contributed by atoms with van der Waals surface area (Å²) in [5, 5.41) is 8.66. The molecule has 218 valence electrons. The first-order valence-electron chi connectivity index (χ1n) is 13.3. The third kappa shape index (κ3) is 10.9. The van der Waals surface area contributed by atoms with Crippen LogP contribution in [0.3, 0.4) is 0 Å². The van der Waals surface area contributed by atoms with Gasteiger partial charge in [-0.25, -0.2) is 9.59 Å². The lowest BCUT2D eigenvalue weighted by molar-refractivity contribution is -0.157. The molecular formula is C31H38N4O6. The Morgan fingerprint density at radius 2 is 1.41 bits per heavy atom. The number of carbonyl (C=O) groups excluding carboxylic acids is 3. The fourth-order valence-electron chi connectivity index (χ4n) is 3.59. The Morgan fingerprint density at radius 3 is 1.98 bits per heavy atom. The fourth-order valence-corrected chi connectivity index (χ4v) is 3.59. The number of carbonyl (C=O) groups is 3. The Labute approximate surface area is 240 Å². The maximum Gasteiger partial charge on any atom is 0.412 e. The molecule has 2 aromatic carbocycles. The van der Waals surface area contributed by atoms with Crippen LogP contribution in [-0.4, -0.2) is 47.3 Å². The fraction of sp³-hybridized carbons (Fsp3) is 0.355. The van der Waals surface area contributed by atoms with E-state index in [9.17, 15) is 14.4 Å². The highest BCUT2D eigenvalue weighted by molar-refractivity contribution is 6.04. The lowest BCUT2D eigenvalue weighted by Gasteiger charge is -2.25. The number of hydrogen-bond donors (Lipinski definition) is 3. The van der Waals surface area contributed by atoms with Gasteiger partial charge in [0, 0.05) is 29.7 Å². The van der Waals surface area contributed by atoms with Crippen LogP contribution >= 0.6 is 0 Å². The molecule has 10 nitrogen and oxygen atoms in total. The number of hydrogen-bond acceptors (Lipinski definition) is 8. The zero-order chi connectivity index (χ0) is 30.0. The number of pyridine rings is 1. The van der Waals surface area contributed by atoms with Crippen LogP contribution in [0.1, 0.15) is 63.5 Å². The highest BCUT2D eigenvalue weighted by Gasteiger charge is 2.26. The molecule has 0 radical (unpaired) electrons. The minimum Gasteiger partial charge on any atom is -0.491 e. The zero-order valence-electron chi connectivity index (χ0n) is 24.3.